The Morgan fingerprint density at radius 1 is 0.923 bits per heavy atom. The third-order valence-corrected chi connectivity index (χ3v) is 2.17. The van der Waals surface area contributed by atoms with Crippen molar-refractivity contribution < 1.29 is 29.6 Å². The van der Waals surface area contributed by atoms with E-state index in [9.17, 15) is 0 Å². The third kappa shape index (κ3) is 3.84. The number of hydrogen-bond acceptors (Lipinski definition) is 0. The van der Waals surface area contributed by atoms with Crippen LogP contribution < -0.4 is 29.6 Å². The molecule has 0 bridgehead atoms. The average Bonchev–Trinajstić information content (AvgIpc) is 2.04. The summed E-state index contributed by atoms with van der Waals surface area (Å²) >= 11 is 0. The minimum absolute atomic E-state index is 0. The van der Waals surface area contributed by atoms with Crippen molar-refractivity contribution >= 4 is 0 Å². The molecule has 0 fully saturated rings. The SMILES string of the molecule is CC(C)c1c[c-]cc(C(C)C)c1.[Na+]. The van der Waals surface area contributed by atoms with Gasteiger partial charge in [0.2, 0.25) is 0 Å². The Hall–Kier alpha value is 0.220. The Morgan fingerprint density at radius 3 is 1.62 bits per heavy atom. The van der Waals surface area contributed by atoms with Gasteiger partial charge in [0.15, 0.2) is 0 Å². The molecule has 0 saturated carbocycles. The zero-order chi connectivity index (χ0) is 9.14. The molecule has 0 atom stereocenters. The summed E-state index contributed by atoms with van der Waals surface area (Å²) < 4.78 is 0. The fourth-order valence-corrected chi connectivity index (χ4v) is 1.18. The van der Waals surface area contributed by atoms with Crippen LogP contribution in [0.15, 0.2) is 18.2 Å². The maximum Gasteiger partial charge on any atom is 1.00 e. The molecule has 0 aliphatic carbocycles. The van der Waals surface area contributed by atoms with Gasteiger partial charge in [-0.3, -0.25) is 0 Å². The quantitative estimate of drug-likeness (QED) is 0.470. The van der Waals surface area contributed by atoms with Crippen molar-refractivity contribution in [3.8, 4) is 0 Å². The number of benzene rings is 1. The van der Waals surface area contributed by atoms with Crippen molar-refractivity contribution in [2.24, 2.45) is 0 Å². The largest absolute Gasteiger partial charge is 1.00 e. The fourth-order valence-electron chi connectivity index (χ4n) is 1.18. The second kappa shape index (κ2) is 5.85. The van der Waals surface area contributed by atoms with Gasteiger partial charge in [-0.25, -0.2) is 0 Å². The van der Waals surface area contributed by atoms with E-state index in [4.69, 9.17) is 0 Å². The summed E-state index contributed by atoms with van der Waals surface area (Å²) in [6.07, 6.45) is 0. The van der Waals surface area contributed by atoms with Crippen LogP contribution in [0.2, 0.25) is 0 Å². The zero-order valence-electron chi connectivity index (χ0n) is 9.39. The van der Waals surface area contributed by atoms with Crippen molar-refractivity contribution in [1.82, 2.24) is 0 Å². The van der Waals surface area contributed by atoms with Crippen LogP contribution in [-0.4, -0.2) is 0 Å². The molecule has 0 aromatic heterocycles. The normalized spacial score (nSPS) is 10.3. The molecule has 0 unspecified atom stereocenters. The summed E-state index contributed by atoms with van der Waals surface area (Å²) in [5.74, 6) is 1.22. The summed E-state index contributed by atoms with van der Waals surface area (Å²) in [6, 6.07) is 9.64. The third-order valence-electron chi connectivity index (χ3n) is 2.17. The Kier molecular flexibility index (Phi) is 5.95. The molecule has 1 heteroatoms. The van der Waals surface area contributed by atoms with Crippen LogP contribution in [0.1, 0.15) is 50.7 Å². The van der Waals surface area contributed by atoms with Crippen LogP contribution in [-0.2, 0) is 0 Å². The van der Waals surface area contributed by atoms with Crippen LogP contribution >= 0.6 is 0 Å². The Morgan fingerprint density at radius 2 is 1.31 bits per heavy atom. The van der Waals surface area contributed by atoms with E-state index in [0.29, 0.717) is 11.8 Å². The van der Waals surface area contributed by atoms with Gasteiger partial charge in [-0.1, -0.05) is 39.5 Å². The maximum absolute atomic E-state index is 3.19. The summed E-state index contributed by atoms with van der Waals surface area (Å²) in [5, 5.41) is 0. The van der Waals surface area contributed by atoms with E-state index in [0.717, 1.165) is 0 Å². The van der Waals surface area contributed by atoms with Crippen LogP contribution in [0.25, 0.3) is 0 Å². The first-order chi connectivity index (χ1) is 5.61. The molecular formula is C12H17Na. The van der Waals surface area contributed by atoms with Crippen molar-refractivity contribution in [3.63, 3.8) is 0 Å². The van der Waals surface area contributed by atoms with Gasteiger partial charge < -0.3 is 0 Å². The summed E-state index contributed by atoms with van der Waals surface area (Å²) in [7, 11) is 0. The number of hydrogen-bond donors (Lipinski definition) is 0. The standard InChI is InChI=1S/C12H17.Na/c1-9(2)11-6-5-7-12(8-11)10(3)4;/h6-10H,1-4H3;/q-1;+1. The Bertz CT molecular complexity index is 228. The molecule has 0 heterocycles. The van der Waals surface area contributed by atoms with Gasteiger partial charge in [-0.2, -0.15) is 35.4 Å². The smallest absolute Gasteiger partial charge is 0.183 e. The zero-order valence-corrected chi connectivity index (χ0v) is 11.4. The van der Waals surface area contributed by atoms with E-state index < -0.39 is 0 Å². The van der Waals surface area contributed by atoms with Crippen molar-refractivity contribution in [2.75, 3.05) is 0 Å². The molecule has 0 aliphatic heterocycles. The van der Waals surface area contributed by atoms with E-state index >= 15 is 0 Å². The Labute approximate surface area is 104 Å². The van der Waals surface area contributed by atoms with Crippen molar-refractivity contribution in [2.45, 2.75) is 39.5 Å². The van der Waals surface area contributed by atoms with Gasteiger partial charge in [-0.05, 0) is 0 Å². The number of rotatable bonds is 2. The van der Waals surface area contributed by atoms with Crippen LogP contribution in [0.5, 0.6) is 0 Å². The predicted octanol–water partition coefficient (Wildman–Crippen LogP) is 0.738. The average molecular weight is 184 g/mol. The summed E-state index contributed by atoms with van der Waals surface area (Å²) in [6.45, 7) is 8.86. The second-order valence-electron chi connectivity index (χ2n) is 3.91. The summed E-state index contributed by atoms with van der Waals surface area (Å²) in [4.78, 5) is 0. The molecule has 1 aromatic rings. The molecule has 1 rings (SSSR count). The molecule has 0 saturated heterocycles. The first kappa shape index (κ1) is 13.2. The van der Waals surface area contributed by atoms with Crippen molar-refractivity contribution in [1.29, 1.82) is 0 Å². The van der Waals surface area contributed by atoms with Crippen LogP contribution in [0.3, 0.4) is 0 Å². The Balaban J connectivity index is 0.00000144. The van der Waals surface area contributed by atoms with Gasteiger partial charge in [0.05, 0.1) is 0 Å². The van der Waals surface area contributed by atoms with Gasteiger partial charge in [0, 0.05) is 0 Å². The van der Waals surface area contributed by atoms with E-state index in [1.165, 1.54) is 11.1 Å². The molecule has 13 heavy (non-hydrogen) atoms. The molecular weight excluding hydrogens is 167 g/mol. The molecule has 0 nitrogen and oxygen atoms in total. The van der Waals surface area contributed by atoms with Crippen molar-refractivity contribution in [3.05, 3.63) is 35.4 Å². The van der Waals surface area contributed by atoms with Crippen LogP contribution in [0.4, 0.5) is 0 Å². The van der Waals surface area contributed by atoms with Gasteiger partial charge in [0.25, 0.3) is 0 Å². The van der Waals surface area contributed by atoms with Gasteiger partial charge in [0.1, 0.15) is 0 Å². The van der Waals surface area contributed by atoms with Gasteiger partial charge >= 0.3 is 29.6 Å². The van der Waals surface area contributed by atoms with E-state index in [1.807, 2.05) is 0 Å². The first-order valence-electron chi connectivity index (χ1n) is 4.62. The fraction of sp³-hybridized carbons (Fsp3) is 0.500. The maximum atomic E-state index is 3.19. The topological polar surface area (TPSA) is 0 Å². The molecule has 0 spiro atoms. The molecule has 0 amide bonds. The predicted molar refractivity (Wildman–Crippen MR) is 53.5 cm³/mol. The van der Waals surface area contributed by atoms with Crippen LogP contribution in [0, 0.1) is 6.07 Å². The van der Waals surface area contributed by atoms with E-state index in [-0.39, 0.29) is 29.6 Å². The monoisotopic (exact) mass is 184 g/mol. The molecule has 0 aliphatic rings. The van der Waals surface area contributed by atoms with E-state index in [2.05, 4.69) is 52.0 Å². The molecule has 0 N–H and O–H groups in total. The van der Waals surface area contributed by atoms with E-state index in [1.54, 1.807) is 0 Å². The second-order valence-corrected chi connectivity index (χ2v) is 3.91. The molecule has 1 aromatic carbocycles. The molecule has 66 valence electrons. The molecule has 0 radical (unpaired) electrons. The summed E-state index contributed by atoms with van der Waals surface area (Å²) in [5.41, 5.74) is 2.78. The minimum atomic E-state index is 0. The van der Waals surface area contributed by atoms with Gasteiger partial charge in [-0.15, -0.1) is 0 Å². The first-order valence-corrected chi connectivity index (χ1v) is 4.62. The minimum Gasteiger partial charge on any atom is -0.183 e.